The zero-order valence-electron chi connectivity index (χ0n) is 10.8. The van der Waals surface area contributed by atoms with E-state index in [0.717, 1.165) is 31.4 Å². The molecule has 1 aromatic carbocycles. The number of benzene rings is 1. The van der Waals surface area contributed by atoms with Crippen LogP contribution in [0.15, 0.2) is 36.7 Å². The number of aliphatic hydroxyl groups is 1. The molecule has 0 saturated carbocycles. The van der Waals surface area contributed by atoms with Crippen LogP contribution in [0.2, 0.25) is 0 Å². The predicted octanol–water partition coefficient (Wildman–Crippen LogP) is 3.02. The lowest BCUT2D eigenvalue weighted by molar-refractivity contribution is 0.281. The zero-order valence-corrected chi connectivity index (χ0v) is 10.8. The van der Waals surface area contributed by atoms with E-state index in [1.54, 1.807) is 0 Å². The van der Waals surface area contributed by atoms with Crippen molar-refractivity contribution in [1.82, 2.24) is 9.78 Å². The first-order valence-electron chi connectivity index (χ1n) is 6.50. The van der Waals surface area contributed by atoms with E-state index in [1.807, 2.05) is 10.9 Å². The van der Waals surface area contributed by atoms with Gasteiger partial charge in [0.1, 0.15) is 0 Å². The summed E-state index contributed by atoms with van der Waals surface area (Å²) in [5, 5.41) is 13.1. The highest BCUT2D eigenvalue weighted by Gasteiger charge is 2.01. The third-order valence-electron chi connectivity index (χ3n) is 3.06. The number of rotatable bonds is 6. The minimum Gasteiger partial charge on any atom is -0.396 e. The summed E-state index contributed by atoms with van der Waals surface area (Å²) >= 11 is 0. The number of hydrogen-bond donors (Lipinski definition) is 1. The van der Waals surface area contributed by atoms with E-state index in [2.05, 4.69) is 42.5 Å². The molecule has 0 unspecified atom stereocenters. The minimum atomic E-state index is 0.285. The van der Waals surface area contributed by atoms with Crippen molar-refractivity contribution in [3.63, 3.8) is 0 Å². The first-order chi connectivity index (χ1) is 8.79. The molecule has 2 rings (SSSR count). The van der Waals surface area contributed by atoms with Gasteiger partial charge in [-0.1, -0.05) is 29.8 Å². The molecule has 18 heavy (non-hydrogen) atoms. The number of aromatic nitrogens is 2. The van der Waals surface area contributed by atoms with Crippen molar-refractivity contribution >= 4 is 0 Å². The monoisotopic (exact) mass is 244 g/mol. The molecule has 0 bridgehead atoms. The molecule has 96 valence electrons. The van der Waals surface area contributed by atoms with Gasteiger partial charge in [-0.25, -0.2) is 0 Å². The minimum absolute atomic E-state index is 0.285. The molecule has 0 aliphatic heterocycles. The van der Waals surface area contributed by atoms with E-state index in [4.69, 9.17) is 5.11 Å². The molecule has 0 aliphatic carbocycles. The molecule has 0 saturated heterocycles. The summed E-state index contributed by atoms with van der Waals surface area (Å²) in [6, 6.07) is 8.49. The second kappa shape index (κ2) is 6.36. The highest BCUT2D eigenvalue weighted by Crippen LogP contribution is 2.19. The Morgan fingerprint density at radius 1 is 1.06 bits per heavy atom. The van der Waals surface area contributed by atoms with Crippen LogP contribution in [0.4, 0.5) is 0 Å². The Bertz CT molecular complexity index is 473. The van der Waals surface area contributed by atoms with Gasteiger partial charge in [-0.15, -0.1) is 0 Å². The van der Waals surface area contributed by atoms with Gasteiger partial charge in [0.25, 0.3) is 0 Å². The highest BCUT2D eigenvalue weighted by molar-refractivity contribution is 5.61. The van der Waals surface area contributed by atoms with Crippen LogP contribution in [-0.2, 0) is 6.54 Å². The van der Waals surface area contributed by atoms with Crippen molar-refractivity contribution in [3.05, 3.63) is 42.2 Å². The van der Waals surface area contributed by atoms with Crippen LogP contribution >= 0.6 is 0 Å². The Morgan fingerprint density at radius 3 is 2.56 bits per heavy atom. The second-order valence-corrected chi connectivity index (χ2v) is 4.64. The summed E-state index contributed by atoms with van der Waals surface area (Å²) in [6.07, 6.45) is 7.00. The zero-order chi connectivity index (χ0) is 12.8. The topological polar surface area (TPSA) is 38.0 Å². The number of aryl methyl sites for hydroxylation is 2. The van der Waals surface area contributed by atoms with Crippen LogP contribution in [0.1, 0.15) is 24.8 Å². The maximum Gasteiger partial charge on any atom is 0.0568 e. The van der Waals surface area contributed by atoms with Gasteiger partial charge in [0.15, 0.2) is 0 Å². The molecule has 0 amide bonds. The summed E-state index contributed by atoms with van der Waals surface area (Å²) < 4.78 is 1.98. The molecular formula is C15H20N2O. The average molecular weight is 244 g/mol. The summed E-state index contributed by atoms with van der Waals surface area (Å²) in [5.74, 6) is 0. The molecule has 3 heteroatoms. The maximum absolute atomic E-state index is 8.72. The van der Waals surface area contributed by atoms with Crippen molar-refractivity contribution in [1.29, 1.82) is 0 Å². The molecule has 0 fully saturated rings. The summed E-state index contributed by atoms with van der Waals surface area (Å²) in [6.45, 7) is 3.30. The van der Waals surface area contributed by atoms with Crippen LogP contribution in [0.5, 0.6) is 0 Å². The summed E-state index contributed by atoms with van der Waals surface area (Å²) in [5.41, 5.74) is 3.65. The van der Waals surface area contributed by atoms with Gasteiger partial charge in [0.05, 0.1) is 6.20 Å². The van der Waals surface area contributed by atoms with Gasteiger partial charge < -0.3 is 5.11 Å². The number of hydrogen-bond acceptors (Lipinski definition) is 2. The predicted molar refractivity (Wildman–Crippen MR) is 73.3 cm³/mol. The SMILES string of the molecule is Cc1ccc(-c2cnn(CCCCCO)c2)cc1. The lowest BCUT2D eigenvalue weighted by Crippen LogP contribution is -1.98. The van der Waals surface area contributed by atoms with Crippen LogP contribution < -0.4 is 0 Å². The van der Waals surface area contributed by atoms with Gasteiger partial charge in [0.2, 0.25) is 0 Å². The Balaban J connectivity index is 1.95. The molecule has 1 heterocycles. The van der Waals surface area contributed by atoms with Gasteiger partial charge in [-0.05, 0) is 31.7 Å². The largest absolute Gasteiger partial charge is 0.396 e. The van der Waals surface area contributed by atoms with E-state index in [9.17, 15) is 0 Å². The molecule has 0 aliphatic rings. The smallest absolute Gasteiger partial charge is 0.0568 e. The molecule has 0 radical (unpaired) electrons. The lowest BCUT2D eigenvalue weighted by Gasteiger charge is -2.00. The molecule has 1 aromatic heterocycles. The van der Waals surface area contributed by atoms with Crippen LogP contribution in [-0.4, -0.2) is 21.5 Å². The van der Waals surface area contributed by atoms with Gasteiger partial charge in [0, 0.05) is 24.9 Å². The maximum atomic E-state index is 8.72. The summed E-state index contributed by atoms with van der Waals surface area (Å²) in [7, 11) is 0. The Kier molecular flexibility index (Phi) is 4.53. The molecule has 2 aromatic rings. The number of unbranched alkanes of at least 4 members (excludes halogenated alkanes) is 2. The van der Waals surface area contributed by atoms with E-state index in [1.165, 1.54) is 11.1 Å². The Morgan fingerprint density at radius 2 is 1.83 bits per heavy atom. The highest BCUT2D eigenvalue weighted by atomic mass is 16.2. The lowest BCUT2D eigenvalue weighted by atomic mass is 10.1. The van der Waals surface area contributed by atoms with E-state index >= 15 is 0 Å². The van der Waals surface area contributed by atoms with Crippen molar-refractivity contribution in [2.24, 2.45) is 0 Å². The van der Waals surface area contributed by atoms with Crippen molar-refractivity contribution < 1.29 is 5.11 Å². The van der Waals surface area contributed by atoms with Gasteiger partial charge in [-0.2, -0.15) is 5.10 Å². The van der Waals surface area contributed by atoms with Crippen LogP contribution in [0.3, 0.4) is 0 Å². The first kappa shape index (κ1) is 12.8. The molecule has 0 spiro atoms. The van der Waals surface area contributed by atoms with Crippen molar-refractivity contribution in [3.8, 4) is 11.1 Å². The van der Waals surface area contributed by atoms with E-state index in [-0.39, 0.29) is 6.61 Å². The van der Waals surface area contributed by atoms with E-state index in [0.29, 0.717) is 0 Å². The molecule has 3 nitrogen and oxygen atoms in total. The second-order valence-electron chi connectivity index (χ2n) is 4.64. The van der Waals surface area contributed by atoms with Crippen molar-refractivity contribution in [2.45, 2.75) is 32.7 Å². The fourth-order valence-corrected chi connectivity index (χ4v) is 1.94. The van der Waals surface area contributed by atoms with Gasteiger partial charge >= 0.3 is 0 Å². The standard InChI is InChI=1S/C15H20N2O/c1-13-5-7-14(8-6-13)15-11-16-17(12-15)9-3-2-4-10-18/h5-8,11-12,18H,2-4,9-10H2,1H3. The quantitative estimate of drug-likeness (QED) is 0.793. The third kappa shape index (κ3) is 3.44. The number of nitrogens with zero attached hydrogens (tertiary/aromatic N) is 2. The van der Waals surface area contributed by atoms with Crippen molar-refractivity contribution in [2.75, 3.05) is 6.61 Å². The van der Waals surface area contributed by atoms with Crippen LogP contribution in [0.25, 0.3) is 11.1 Å². The fourth-order valence-electron chi connectivity index (χ4n) is 1.94. The number of aliphatic hydroxyl groups excluding tert-OH is 1. The normalized spacial score (nSPS) is 10.8. The molecule has 1 N–H and O–H groups in total. The van der Waals surface area contributed by atoms with Crippen LogP contribution in [0, 0.1) is 6.92 Å². The first-order valence-corrected chi connectivity index (χ1v) is 6.50. The Hall–Kier alpha value is -1.61. The van der Waals surface area contributed by atoms with Gasteiger partial charge in [-0.3, -0.25) is 4.68 Å². The average Bonchev–Trinajstić information content (AvgIpc) is 2.84. The Labute approximate surface area is 108 Å². The fraction of sp³-hybridized carbons (Fsp3) is 0.400. The molecular weight excluding hydrogens is 224 g/mol. The molecule has 0 atom stereocenters. The summed E-state index contributed by atoms with van der Waals surface area (Å²) in [4.78, 5) is 0. The third-order valence-corrected chi connectivity index (χ3v) is 3.06. The van der Waals surface area contributed by atoms with E-state index < -0.39 is 0 Å².